The lowest BCUT2D eigenvalue weighted by atomic mass is 10.1. The summed E-state index contributed by atoms with van der Waals surface area (Å²) in [5.74, 6) is 0. The predicted octanol–water partition coefficient (Wildman–Crippen LogP) is 1.37. The van der Waals surface area contributed by atoms with Crippen molar-refractivity contribution in [2.45, 2.75) is 32.4 Å². The first-order chi connectivity index (χ1) is 7.44. The number of aliphatic hydroxyl groups is 1. The van der Waals surface area contributed by atoms with Crippen LogP contribution in [0.1, 0.15) is 38.1 Å². The lowest BCUT2D eigenvalue weighted by Gasteiger charge is -2.23. The molecule has 0 fully saturated rings. The monoisotopic (exact) mass is 219 g/mol. The molecule has 0 saturated heterocycles. The third kappa shape index (κ3) is 3.61. The van der Waals surface area contributed by atoms with Crippen molar-refractivity contribution >= 4 is 0 Å². The van der Waals surface area contributed by atoms with Crippen LogP contribution < -0.4 is 5.32 Å². The van der Waals surface area contributed by atoms with Gasteiger partial charge in [0.2, 0.25) is 0 Å². The van der Waals surface area contributed by atoms with Crippen molar-refractivity contribution in [3.63, 3.8) is 0 Å². The molecule has 86 valence electrons. The molecule has 4 nitrogen and oxygen atoms in total. The standard InChI is InChI=1S/C12H17N3O/c1-12(2,3)15-8-11(16)9-5-4-6-14-10(9)7-13/h4-6,11,15-16H,8H2,1-3H3. The second-order valence-electron chi connectivity index (χ2n) is 4.70. The highest BCUT2D eigenvalue weighted by molar-refractivity contribution is 5.32. The Labute approximate surface area is 95.9 Å². The first-order valence-electron chi connectivity index (χ1n) is 5.22. The Morgan fingerprint density at radius 1 is 1.56 bits per heavy atom. The van der Waals surface area contributed by atoms with E-state index in [0.717, 1.165) is 0 Å². The van der Waals surface area contributed by atoms with Crippen molar-refractivity contribution in [3.8, 4) is 6.07 Å². The molecule has 0 amide bonds. The van der Waals surface area contributed by atoms with Crippen molar-refractivity contribution in [2.75, 3.05) is 6.54 Å². The Morgan fingerprint density at radius 3 is 2.81 bits per heavy atom. The van der Waals surface area contributed by atoms with Gasteiger partial charge in [0.1, 0.15) is 11.8 Å². The summed E-state index contributed by atoms with van der Waals surface area (Å²) < 4.78 is 0. The van der Waals surface area contributed by atoms with Gasteiger partial charge < -0.3 is 10.4 Å². The maximum Gasteiger partial charge on any atom is 0.146 e. The van der Waals surface area contributed by atoms with Crippen LogP contribution >= 0.6 is 0 Å². The van der Waals surface area contributed by atoms with Gasteiger partial charge in [-0.15, -0.1) is 0 Å². The minimum atomic E-state index is -0.706. The normalized spacial score (nSPS) is 13.2. The van der Waals surface area contributed by atoms with E-state index in [1.807, 2.05) is 26.8 Å². The van der Waals surface area contributed by atoms with Crippen LogP contribution in [0.15, 0.2) is 18.3 Å². The third-order valence-electron chi connectivity index (χ3n) is 2.13. The number of pyridine rings is 1. The van der Waals surface area contributed by atoms with Gasteiger partial charge in [-0.3, -0.25) is 0 Å². The number of hydrogen-bond donors (Lipinski definition) is 2. The Balaban J connectivity index is 2.74. The molecule has 1 aromatic rings. The topological polar surface area (TPSA) is 68.9 Å². The Bertz CT molecular complexity index is 390. The molecule has 1 aromatic heterocycles. The highest BCUT2D eigenvalue weighted by atomic mass is 16.3. The van der Waals surface area contributed by atoms with Gasteiger partial charge in [-0.05, 0) is 26.8 Å². The number of nitrogens with zero attached hydrogens (tertiary/aromatic N) is 2. The molecule has 1 rings (SSSR count). The summed E-state index contributed by atoms with van der Waals surface area (Å²) in [6.07, 6.45) is 0.842. The molecule has 2 N–H and O–H groups in total. The predicted molar refractivity (Wildman–Crippen MR) is 61.7 cm³/mol. The van der Waals surface area contributed by atoms with E-state index in [0.29, 0.717) is 12.1 Å². The van der Waals surface area contributed by atoms with Crippen molar-refractivity contribution in [1.29, 1.82) is 5.26 Å². The van der Waals surface area contributed by atoms with Crippen molar-refractivity contribution in [2.24, 2.45) is 0 Å². The fourth-order valence-electron chi connectivity index (χ4n) is 1.29. The van der Waals surface area contributed by atoms with Crippen molar-refractivity contribution in [1.82, 2.24) is 10.3 Å². The van der Waals surface area contributed by atoms with Crippen LogP contribution in [0.3, 0.4) is 0 Å². The highest BCUT2D eigenvalue weighted by Gasteiger charge is 2.16. The van der Waals surface area contributed by atoms with Gasteiger partial charge in [-0.1, -0.05) is 6.07 Å². The van der Waals surface area contributed by atoms with E-state index in [1.165, 1.54) is 0 Å². The zero-order valence-corrected chi connectivity index (χ0v) is 9.86. The fourth-order valence-corrected chi connectivity index (χ4v) is 1.29. The third-order valence-corrected chi connectivity index (χ3v) is 2.13. The molecule has 1 unspecified atom stereocenters. The van der Waals surface area contributed by atoms with Crippen LogP contribution in [0, 0.1) is 11.3 Å². The zero-order chi connectivity index (χ0) is 12.2. The van der Waals surface area contributed by atoms with Crippen LogP contribution in [0.4, 0.5) is 0 Å². The summed E-state index contributed by atoms with van der Waals surface area (Å²) in [5, 5.41) is 22.0. The molecule has 0 aliphatic heterocycles. The molecule has 0 aromatic carbocycles. The van der Waals surface area contributed by atoms with E-state index in [9.17, 15) is 5.11 Å². The molecular formula is C12H17N3O. The minimum Gasteiger partial charge on any atom is -0.387 e. The summed E-state index contributed by atoms with van der Waals surface area (Å²) >= 11 is 0. The quantitative estimate of drug-likeness (QED) is 0.805. The average molecular weight is 219 g/mol. The van der Waals surface area contributed by atoms with Gasteiger partial charge in [0, 0.05) is 23.8 Å². The van der Waals surface area contributed by atoms with E-state index in [1.54, 1.807) is 18.3 Å². The van der Waals surface area contributed by atoms with Crippen LogP contribution in [-0.4, -0.2) is 22.2 Å². The summed E-state index contributed by atoms with van der Waals surface area (Å²) in [7, 11) is 0. The van der Waals surface area contributed by atoms with E-state index < -0.39 is 6.10 Å². The summed E-state index contributed by atoms with van der Waals surface area (Å²) in [6, 6.07) is 5.42. The first-order valence-corrected chi connectivity index (χ1v) is 5.22. The van der Waals surface area contributed by atoms with Gasteiger partial charge in [0.05, 0.1) is 6.10 Å². The zero-order valence-electron chi connectivity index (χ0n) is 9.86. The molecule has 4 heteroatoms. The van der Waals surface area contributed by atoms with E-state index in [4.69, 9.17) is 5.26 Å². The van der Waals surface area contributed by atoms with Gasteiger partial charge in [0.25, 0.3) is 0 Å². The molecule has 0 aliphatic rings. The number of nitrogens with one attached hydrogen (secondary N) is 1. The van der Waals surface area contributed by atoms with Crippen LogP contribution in [0.25, 0.3) is 0 Å². The molecule has 1 heterocycles. The van der Waals surface area contributed by atoms with E-state index in [2.05, 4.69) is 10.3 Å². The number of aliphatic hydroxyl groups excluding tert-OH is 1. The number of aromatic nitrogens is 1. The lowest BCUT2D eigenvalue weighted by molar-refractivity contribution is 0.162. The highest BCUT2D eigenvalue weighted by Crippen LogP contribution is 2.15. The van der Waals surface area contributed by atoms with Gasteiger partial charge >= 0.3 is 0 Å². The summed E-state index contributed by atoms with van der Waals surface area (Å²) in [6.45, 7) is 6.47. The molecule has 0 spiro atoms. The van der Waals surface area contributed by atoms with Gasteiger partial charge in [-0.2, -0.15) is 5.26 Å². The van der Waals surface area contributed by atoms with Crippen molar-refractivity contribution in [3.05, 3.63) is 29.6 Å². The van der Waals surface area contributed by atoms with Crippen LogP contribution in [0.5, 0.6) is 0 Å². The lowest BCUT2D eigenvalue weighted by Crippen LogP contribution is -2.38. The average Bonchev–Trinajstić information content (AvgIpc) is 2.25. The van der Waals surface area contributed by atoms with E-state index >= 15 is 0 Å². The van der Waals surface area contributed by atoms with Crippen LogP contribution in [-0.2, 0) is 0 Å². The fraction of sp³-hybridized carbons (Fsp3) is 0.500. The largest absolute Gasteiger partial charge is 0.387 e. The van der Waals surface area contributed by atoms with Crippen molar-refractivity contribution < 1.29 is 5.11 Å². The number of hydrogen-bond acceptors (Lipinski definition) is 4. The first kappa shape index (κ1) is 12.6. The number of β-amino-alcohol motifs (C(OH)–C–C–N with tert-alkyl or cyclic N) is 1. The minimum absolute atomic E-state index is 0.0595. The Morgan fingerprint density at radius 2 is 2.25 bits per heavy atom. The second-order valence-corrected chi connectivity index (χ2v) is 4.70. The van der Waals surface area contributed by atoms with Gasteiger partial charge in [0.15, 0.2) is 0 Å². The maximum atomic E-state index is 9.94. The molecule has 0 aliphatic carbocycles. The molecule has 1 atom stereocenters. The summed E-state index contributed by atoms with van der Waals surface area (Å²) in [4.78, 5) is 3.91. The molecular weight excluding hydrogens is 202 g/mol. The molecule has 0 saturated carbocycles. The Kier molecular flexibility index (Phi) is 3.99. The smallest absolute Gasteiger partial charge is 0.146 e. The molecule has 0 radical (unpaired) electrons. The number of nitriles is 1. The number of rotatable bonds is 3. The van der Waals surface area contributed by atoms with Gasteiger partial charge in [-0.25, -0.2) is 4.98 Å². The van der Waals surface area contributed by atoms with E-state index in [-0.39, 0.29) is 11.2 Å². The van der Waals surface area contributed by atoms with Crippen LogP contribution in [0.2, 0.25) is 0 Å². The maximum absolute atomic E-state index is 9.94. The molecule has 0 bridgehead atoms. The second kappa shape index (κ2) is 5.06. The Hall–Kier alpha value is -1.44. The molecule has 16 heavy (non-hydrogen) atoms. The SMILES string of the molecule is CC(C)(C)NCC(O)c1cccnc1C#N. The summed E-state index contributed by atoms with van der Waals surface area (Å²) in [5.41, 5.74) is 0.795.